The Labute approximate surface area is 106 Å². The molecule has 94 valence electrons. The summed E-state index contributed by atoms with van der Waals surface area (Å²) in [5, 5.41) is 7.21. The summed E-state index contributed by atoms with van der Waals surface area (Å²) >= 11 is 1.94. The molecule has 0 aromatic carbocycles. The summed E-state index contributed by atoms with van der Waals surface area (Å²) in [6, 6.07) is 0.283. The Kier molecular flexibility index (Phi) is 4.58. The van der Waals surface area contributed by atoms with Gasteiger partial charge in [0.1, 0.15) is 0 Å². The molecule has 0 radical (unpaired) electrons. The van der Waals surface area contributed by atoms with Gasteiger partial charge in [-0.25, -0.2) is 0 Å². The van der Waals surface area contributed by atoms with Crippen LogP contribution in [0.5, 0.6) is 0 Å². The van der Waals surface area contributed by atoms with Gasteiger partial charge in [0.15, 0.2) is 5.82 Å². The van der Waals surface area contributed by atoms with Gasteiger partial charge in [0, 0.05) is 24.6 Å². The van der Waals surface area contributed by atoms with Gasteiger partial charge in [-0.15, -0.1) is 6.58 Å². The highest BCUT2D eigenvalue weighted by Crippen LogP contribution is 2.25. The molecule has 1 aromatic heterocycles. The maximum Gasteiger partial charge on any atom is 0.240 e. The first-order valence-corrected chi connectivity index (χ1v) is 6.89. The Morgan fingerprint density at radius 1 is 1.71 bits per heavy atom. The molecule has 1 saturated heterocycles. The van der Waals surface area contributed by atoms with Crippen molar-refractivity contribution in [2.45, 2.75) is 12.6 Å². The van der Waals surface area contributed by atoms with Gasteiger partial charge in [-0.05, 0) is 7.05 Å². The van der Waals surface area contributed by atoms with Gasteiger partial charge in [0.05, 0.1) is 12.6 Å². The topological polar surface area (TPSA) is 54.2 Å². The average molecular weight is 254 g/mol. The molecule has 0 aliphatic carbocycles. The lowest BCUT2D eigenvalue weighted by Crippen LogP contribution is -2.33. The van der Waals surface area contributed by atoms with Crippen LogP contribution in [0.1, 0.15) is 17.8 Å². The van der Waals surface area contributed by atoms with Crippen molar-refractivity contribution in [3.63, 3.8) is 0 Å². The van der Waals surface area contributed by atoms with Crippen LogP contribution in [0.25, 0.3) is 0 Å². The van der Waals surface area contributed by atoms with Gasteiger partial charge in [0.25, 0.3) is 0 Å². The lowest BCUT2D eigenvalue weighted by Gasteiger charge is -2.29. The van der Waals surface area contributed by atoms with Crippen LogP contribution in [0, 0.1) is 0 Å². The SMILES string of the molecule is C=CCNCc1nc(C2CSCCN2C)no1. The zero-order valence-electron chi connectivity index (χ0n) is 10.1. The van der Waals surface area contributed by atoms with E-state index in [-0.39, 0.29) is 6.04 Å². The van der Waals surface area contributed by atoms with E-state index >= 15 is 0 Å². The Morgan fingerprint density at radius 2 is 2.59 bits per heavy atom. The van der Waals surface area contributed by atoms with E-state index in [9.17, 15) is 0 Å². The summed E-state index contributed by atoms with van der Waals surface area (Å²) in [7, 11) is 2.11. The zero-order valence-corrected chi connectivity index (χ0v) is 10.9. The second kappa shape index (κ2) is 6.18. The second-order valence-electron chi connectivity index (χ2n) is 4.04. The summed E-state index contributed by atoms with van der Waals surface area (Å²) < 4.78 is 5.22. The minimum atomic E-state index is 0.283. The van der Waals surface area contributed by atoms with E-state index in [1.54, 1.807) is 0 Å². The standard InChI is InChI=1S/C11H18N4OS/c1-3-4-12-7-10-13-11(14-16-10)9-8-17-6-5-15(9)2/h3,9,12H,1,4-8H2,2H3. The van der Waals surface area contributed by atoms with Gasteiger partial charge >= 0.3 is 0 Å². The molecule has 0 saturated carbocycles. The molecule has 1 N–H and O–H groups in total. The maximum atomic E-state index is 5.22. The highest BCUT2D eigenvalue weighted by atomic mass is 32.2. The van der Waals surface area contributed by atoms with Crippen LogP contribution in [0.15, 0.2) is 17.2 Å². The van der Waals surface area contributed by atoms with Gasteiger partial charge in [-0.3, -0.25) is 4.90 Å². The lowest BCUT2D eigenvalue weighted by atomic mass is 10.3. The Morgan fingerprint density at radius 3 is 3.35 bits per heavy atom. The lowest BCUT2D eigenvalue weighted by molar-refractivity contribution is 0.256. The van der Waals surface area contributed by atoms with Crippen molar-refractivity contribution in [3.05, 3.63) is 24.4 Å². The first-order chi connectivity index (χ1) is 8.31. The summed E-state index contributed by atoms with van der Waals surface area (Å²) in [4.78, 5) is 6.71. The van der Waals surface area contributed by atoms with Gasteiger partial charge in [-0.1, -0.05) is 11.2 Å². The number of rotatable bonds is 5. The number of hydrogen-bond acceptors (Lipinski definition) is 6. The summed E-state index contributed by atoms with van der Waals surface area (Å²) in [5.74, 6) is 3.66. The highest BCUT2D eigenvalue weighted by molar-refractivity contribution is 7.99. The molecular weight excluding hydrogens is 236 g/mol. The molecule has 2 rings (SSSR count). The van der Waals surface area contributed by atoms with Crippen LogP contribution in [-0.4, -0.2) is 46.7 Å². The molecule has 0 amide bonds. The van der Waals surface area contributed by atoms with Crippen molar-refractivity contribution in [2.75, 3.05) is 31.6 Å². The van der Waals surface area contributed by atoms with Crippen LogP contribution < -0.4 is 5.32 Å². The smallest absolute Gasteiger partial charge is 0.240 e. The molecule has 1 aromatic rings. The third kappa shape index (κ3) is 3.31. The van der Waals surface area contributed by atoms with Crippen LogP contribution in [0.3, 0.4) is 0 Å². The molecule has 0 spiro atoms. The number of aromatic nitrogens is 2. The minimum absolute atomic E-state index is 0.283. The molecule has 2 heterocycles. The van der Waals surface area contributed by atoms with Crippen molar-refractivity contribution in [3.8, 4) is 0 Å². The Bertz CT molecular complexity index is 368. The Balaban J connectivity index is 1.94. The summed E-state index contributed by atoms with van der Waals surface area (Å²) in [6.45, 7) is 6.07. The number of thioether (sulfide) groups is 1. The second-order valence-corrected chi connectivity index (χ2v) is 5.19. The van der Waals surface area contributed by atoms with Gasteiger partial charge < -0.3 is 9.84 Å². The predicted octanol–water partition coefficient (Wildman–Crippen LogP) is 1.06. The Hall–Kier alpha value is -0.850. The van der Waals surface area contributed by atoms with Gasteiger partial charge in [0.2, 0.25) is 5.89 Å². The molecule has 0 bridgehead atoms. The third-order valence-corrected chi connectivity index (χ3v) is 3.77. The molecule has 1 aliphatic rings. The fourth-order valence-electron chi connectivity index (χ4n) is 1.71. The zero-order chi connectivity index (χ0) is 12.1. The fraction of sp³-hybridized carbons (Fsp3) is 0.636. The van der Waals surface area contributed by atoms with Crippen molar-refractivity contribution < 1.29 is 4.52 Å². The summed E-state index contributed by atoms with van der Waals surface area (Å²) in [5.41, 5.74) is 0. The first-order valence-electron chi connectivity index (χ1n) is 5.73. The molecule has 1 aliphatic heterocycles. The van der Waals surface area contributed by atoms with Crippen molar-refractivity contribution >= 4 is 11.8 Å². The van der Waals surface area contributed by atoms with Crippen LogP contribution in [-0.2, 0) is 6.54 Å². The molecular formula is C11H18N4OS. The van der Waals surface area contributed by atoms with E-state index < -0.39 is 0 Å². The molecule has 6 heteroatoms. The highest BCUT2D eigenvalue weighted by Gasteiger charge is 2.25. The largest absolute Gasteiger partial charge is 0.338 e. The molecule has 1 unspecified atom stereocenters. The van der Waals surface area contributed by atoms with Crippen LogP contribution in [0.4, 0.5) is 0 Å². The van der Waals surface area contributed by atoms with Crippen molar-refractivity contribution in [1.82, 2.24) is 20.4 Å². The number of hydrogen-bond donors (Lipinski definition) is 1. The van der Waals surface area contributed by atoms with E-state index in [0.717, 1.165) is 24.7 Å². The number of nitrogens with one attached hydrogen (secondary N) is 1. The van der Waals surface area contributed by atoms with E-state index in [4.69, 9.17) is 4.52 Å². The molecule has 17 heavy (non-hydrogen) atoms. The third-order valence-electron chi connectivity index (χ3n) is 2.74. The molecule has 1 fully saturated rings. The number of nitrogens with zero attached hydrogens (tertiary/aromatic N) is 3. The normalized spacial score (nSPS) is 21.6. The van der Waals surface area contributed by atoms with Crippen LogP contribution >= 0.6 is 11.8 Å². The minimum Gasteiger partial charge on any atom is -0.338 e. The predicted molar refractivity (Wildman–Crippen MR) is 68.9 cm³/mol. The summed E-state index contributed by atoms with van der Waals surface area (Å²) in [6.07, 6.45) is 1.81. The molecule has 5 nitrogen and oxygen atoms in total. The quantitative estimate of drug-likeness (QED) is 0.626. The average Bonchev–Trinajstić information content (AvgIpc) is 2.79. The van der Waals surface area contributed by atoms with E-state index in [2.05, 4.69) is 34.0 Å². The van der Waals surface area contributed by atoms with E-state index in [1.165, 1.54) is 5.75 Å². The fourth-order valence-corrected chi connectivity index (χ4v) is 2.93. The van der Waals surface area contributed by atoms with Crippen molar-refractivity contribution in [1.29, 1.82) is 0 Å². The first kappa shape index (κ1) is 12.6. The molecule has 1 atom stereocenters. The van der Waals surface area contributed by atoms with Gasteiger partial charge in [-0.2, -0.15) is 16.7 Å². The maximum absolute atomic E-state index is 5.22. The van der Waals surface area contributed by atoms with Crippen molar-refractivity contribution in [2.24, 2.45) is 0 Å². The van der Waals surface area contributed by atoms with E-state index in [0.29, 0.717) is 12.4 Å². The van der Waals surface area contributed by atoms with E-state index in [1.807, 2.05) is 17.8 Å². The monoisotopic (exact) mass is 254 g/mol. The van der Waals surface area contributed by atoms with Crippen LogP contribution in [0.2, 0.25) is 0 Å².